The molecule has 2 rings (SSSR count). The van der Waals surface area contributed by atoms with Crippen LogP contribution in [0.1, 0.15) is 10.5 Å². The van der Waals surface area contributed by atoms with Crippen molar-refractivity contribution < 1.29 is 4.79 Å². The minimum Gasteiger partial charge on any atom is -0.364 e. The second-order valence-electron chi connectivity index (χ2n) is 3.09. The molecule has 0 radical (unpaired) electrons. The summed E-state index contributed by atoms with van der Waals surface area (Å²) in [6, 6.07) is 4.83. The zero-order valence-electron chi connectivity index (χ0n) is 8.02. The monoisotopic (exact) mass is 255 g/mol. The quantitative estimate of drug-likeness (QED) is 0.895. The summed E-state index contributed by atoms with van der Waals surface area (Å²) in [6.45, 7) is 0. The van der Waals surface area contributed by atoms with Crippen molar-refractivity contribution in [2.45, 2.75) is 0 Å². The molecule has 0 aromatic carbocycles. The molecule has 0 saturated heterocycles. The van der Waals surface area contributed by atoms with Crippen LogP contribution in [0.4, 0.5) is 0 Å². The fraction of sp³-hybridized carbons (Fsp3) is 0. The first-order valence-corrected chi connectivity index (χ1v) is 5.14. The van der Waals surface area contributed by atoms with Crippen LogP contribution in [0.3, 0.4) is 0 Å². The molecule has 0 unspecified atom stereocenters. The molecular weight excluding hydrogens is 249 g/mol. The topological polar surface area (TPSA) is 60.9 Å². The van der Waals surface area contributed by atoms with E-state index in [1.54, 1.807) is 18.3 Å². The Balaban J connectivity index is 2.64. The SMILES string of the molecule is NC(=O)c1cc(Cl)cn1-c1ncccc1Cl. The predicted octanol–water partition coefficient (Wildman–Crippen LogP) is 2.28. The lowest BCUT2D eigenvalue weighted by Crippen LogP contribution is -2.16. The molecule has 2 aromatic heterocycles. The van der Waals surface area contributed by atoms with Gasteiger partial charge in [-0.2, -0.15) is 0 Å². The molecule has 2 N–H and O–H groups in total. The van der Waals surface area contributed by atoms with Crippen LogP contribution in [-0.4, -0.2) is 15.5 Å². The highest BCUT2D eigenvalue weighted by Crippen LogP contribution is 2.22. The van der Waals surface area contributed by atoms with Gasteiger partial charge in [0.25, 0.3) is 5.91 Å². The Morgan fingerprint density at radius 3 is 2.81 bits per heavy atom. The van der Waals surface area contributed by atoms with E-state index in [1.807, 2.05) is 0 Å². The molecular formula is C10H7Cl2N3O. The smallest absolute Gasteiger partial charge is 0.265 e. The first-order valence-electron chi connectivity index (χ1n) is 4.38. The average molecular weight is 256 g/mol. The third kappa shape index (κ3) is 1.89. The van der Waals surface area contributed by atoms with Crippen LogP contribution in [0, 0.1) is 0 Å². The van der Waals surface area contributed by atoms with Crippen molar-refractivity contribution in [2.24, 2.45) is 5.73 Å². The minimum absolute atomic E-state index is 0.241. The Bertz CT molecular complexity index is 551. The molecule has 82 valence electrons. The Labute approximate surface area is 102 Å². The molecule has 6 heteroatoms. The first-order chi connectivity index (χ1) is 7.59. The molecule has 4 nitrogen and oxygen atoms in total. The van der Waals surface area contributed by atoms with Crippen molar-refractivity contribution in [3.05, 3.63) is 46.3 Å². The van der Waals surface area contributed by atoms with E-state index < -0.39 is 5.91 Å². The fourth-order valence-corrected chi connectivity index (χ4v) is 1.76. The van der Waals surface area contributed by atoms with Gasteiger partial charge in [-0.25, -0.2) is 4.98 Å². The highest BCUT2D eigenvalue weighted by molar-refractivity contribution is 6.32. The van der Waals surface area contributed by atoms with Gasteiger partial charge in [-0.1, -0.05) is 23.2 Å². The maximum Gasteiger partial charge on any atom is 0.265 e. The van der Waals surface area contributed by atoms with E-state index in [0.29, 0.717) is 15.9 Å². The molecule has 0 spiro atoms. The molecule has 0 aliphatic carbocycles. The lowest BCUT2D eigenvalue weighted by Gasteiger charge is -2.06. The molecule has 0 aliphatic heterocycles. The van der Waals surface area contributed by atoms with E-state index in [-0.39, 0.29) is 5.69 Å². The summed E-state index contributed by atoms with van der Waals surface area (Å²) >= 11 is 11.8. The number of nitrogens with two attached hydrogens (primary N) is 1. The zero-order chi connectivity index (χ0) is 11.7. The van der Waals surface area contributed by atoms with Gasteiger partial charge in [0.2, 0.25) is 0 Å². The van der Waals surface area contributed by atoms with Crippen LogP contribution < -0.4 is 5.73 Å². The number of hydrogen-bond acceptors (Lipinski definition) is 2. The maximum absolute atomic E-state index is 11.2. The standard InChI is InChI=1S/C10H7Cl2N3O/c11-6-4-8(9(13)16)15(5-6)10-7(12)2-1-3-14-10/h1-5H,(H2,13,16). The third-order valence-corrected chi connectivity index (χ3v) is 2.51. The molecule has 2 aromatic rings. The fourth-order valence-electron chi connectivity index (χ4n) is 1.35. The van der Waals surface area contributed by atoms with Crippen molar-refractivity contribution in [3.63, 3.8) is 0 Å². The van der Waals surface area contributed by atoms with Crippen LogP contribution in [-0.2, 0) is 0 Å². The van der Waals surface area contributed by atoms with Gasteiger partial charge in [-0.05, 0) is 18.2 Å². The normalized spacial score (nSPS) is 10.4. The summed E-state index contributed by atoms with van der Waals surface area (Å²) in [4.78, 5) is 15.3. The van der Waals surface area contributed by atoms with Gasteiger partial charge < -0.3 is 5.73 Å². The lowest BCUT2D eigenvalue weighted by molar-refractivity contribution is 0.0994. The van der Waals surface area contributed by atoms with Gasteiger partial charge in [-0.15, -0.1) is 0 Å². The Kier molecular flexibility index (Phi) is 2.85. The van der Waals surface area contributed by atoms with E-state index in [1.165, 1.54) is 16.8 Å². The number of halogens is 2. The molecule has 0 bridgehead atoms. The van der Waals surface area contributed by atoms with Crippen LogP contribution in [0.5, 0.6) is 0 Å². The van der Waals surface area contributed by atoms with E-state index in [4.69, 9.17) is 28.9 Å². The Hall–Kier alpha value is -1.52. The molecule has 2 heterocycles. The summed E-state index contributed by atoms with van der Waals surface area (Å²) in [5, 5.41) is 0.813. The van der Waals surface area contributed by atoms with Gasteiger partial charge in [0.15, 0.2) is 5.82 Å². The van der Waals surface area contributed by atoms with Gasteiger partial charge in [0.05, 0.1) is 10.0 Å². The summed E-state index contributed by atoms with van der Waals surface area (Å²) in [7, 11) is 0. The van der Waals surface area contributed by atoms with Gasteiger partial charge in [-0.3, -0.25) is 9.36 Å². The number of nitrogens with zero attached hydrogens (tertiary/aromatic N) is 2. The maximum atomic E-state index is 11.2. The van der Waals surface area contributed by atoms with Crippen molar-refractivity contribution in [3.8, 4) is 5.82 Å². The van der Waals surface area contributed by atoms with E-state index in [2.05, 4.69) is 4.98 Å². The second kappa shape index (κ2) is 4.15. The van der Waals surface area contributed by atoms with Crippen molar-refractivity contribution in [2.75, 3.05) is 0 Å². The summed E-state index contributed by atoms with van der Waals surface area (Å²) < 4.78 is 1.47. The van der Waals surface area contributed by atoms with Crippen LogP contribution in [0.2, 0.25) is 10.0 Å². The van der Waals surface area contributed by atoms with Crippen molar-refractivity contribution in [1.29, 1.82) is 0 Å². The van der Waals surface area contributed by atoms with Crippen LogP contribution >= 0.6 is 23.2 Å². The summed E-state index contributed by atoms with van der Waals surface area (Å²) in [5.41, 5.74) is 5.47. The average Bonchev–Trinajstić information content (AvgIpc) is 2.61. The number of rotatable bonds is 2. The first kappa shape index (κ1) is 11.0. The molecule has 0 fully saturated rings. The summed E-state index contributed by atoms with van der Waals surface area (Å²) in [5.74, 6) is -0.168. The highest BCUT2D eigenvalue weighted by atomic mass is 35.5. The van der Waals surface area contributed by atoms with Crippen molar-refractivity contribution in [1.82, 2.24) is 9.55 Å². The second-order valence-corrected chi connectivity index (χ2v) is 3.93. The lowest BCUT2D eigenvalue weighted by atomic mass is 10.4. The number of carbonyl (C=O) groups is 1. The van der Waals surface area contributed by atoms with Crippen molar-refractivity contribution >= 4 is 29.1 Å². The van der Waals surface area contributed by atoms with Crippen LogP contribution in [0.15, 0.2) is 30.6 Å². The van der Waals surface area contributed by atoms with E-state index in [9.17, 15) is 4.79 Å². The van der Waals surface area contributed by atoms with Gasteiger partial charge in [0, 0.05) is 12.4 Å². The van der Waals surface area contributed by atoms with Gasteiger partial charge >= 0.3 is 0 Å². The zero-order valence-corrected chi connectivity index (χ0v) is 9.53. The highest BCUT2D eigenvalue weighted by Gasteiger charge is 2.14. The number of primary amides is 1. The van der Waals surface area contributed by atoms with Gasteiger partial charge in [0.1, 0.15) is 5.69 Å². The Morgan fingerprint density at radius 2 is 2.19 bits per heavy atom. The summed E-state index contributed by atoms with van der Waals surface area (Å²) in [6.07, 6.45) is 3.11. The number of hydrogen-bond donors (Lipinski definition) is 1. The number of amides is 1. The molecule has 0 saturated carbocycles. The molecule has 16 heavy (non-hydrogen) atoms. The number of aromatic nitrogens is 2. The predicted molar refractivity (Wildman–Crippen MR) is 62.1 cm³/mol. The molecule has 0 aliphatic rings. The van der Waals surface area contributed by atoms with E-state index in [0.717, 1.165) is 0 Å². The molecule has 0 atom stereocenters. The minimum atomic E-state index is -0.589. The van der Waals surface area contributed by atoms with Crippen LogP contribution in [0.25, 0.3) is 5.82 Å². The third-order valence-electron chi connectivity index (χ3n) is 2.01. The number of pyridine rings is 1. The number of carbonyl (C=O) groups excluding carboxylic acids is 1. The molecule has 1 amide bonds. The Morgan fingerprint density at radius 1 is 1.44 bits per heavy atom. The largest absolute Gasteiger partial charge is 0.364 e. The van der Waals surface area contributed by atoms with E-state index >= 15 is 0 Å².